The first kappa shape index (κ1) is 6.81. The summed E-state index contributed by atoms with van der Waals surface area (Å²) >= 11 is 2.43. The number of rotatable bonds is 1. The molecule has 0 spiro atoms. The van der Waals surface area contributed by atoms with Crippen LogP contribution in [0.4, 0.5) is 0 Å². The highest BCUT2D eigenvalue weighted by Crippen LogP contribution is 2.22. The largest absolute Gasteiger partial charge is 0.244 e. The number of halogens is 1. The van der Waals surface area contributed by atoms with Crippen molar-refractivity contribution >= 4 is 22.9 Å². The maximum atomic E-state index is 2.43. The van der Waals surface area contributed by atoms with Gasteiger partial charge in [0.25, 0.3) is 0 Å². The van der Waals surface area contributed by atoms with E-state index >= 15 is 0 Å². The third-order valence-electron chi connectivity index (χ3n) is 1.78. The summed E-state index contributed by atoms with van der Waals surface area (Å²) in [4.78, 5) is 0. The summed E-state index contributed by atoms with van der Waals surface area (Å²) in [6.07, 6.45) is 4.14. The molecule has 2 heteroatoms. The fourth-order valence-corrected chi connectivity index (χ4v) is 2.22. The lowest BCUT2D eigenvalue weighted by molar-refractivity contribution is 0.457. The van der Waals surface area contributed by atoms with Crippen molar-refractivity contribution in [3.63, 3.8) is 0 Å². The first-order valence-electron chi connectivity index (χ1n) is 3.27. The second-order valence-electron chi connectivity index (χ2n) is 2.33. The Morgan fingerprint density at radius 1 is 1.75 bits per heavy atom. The van der Waals surface area contributed by atoms with Crippen molar-refractivity contribution in [2.24, 2.45) is 0 Å². The SMILES string of the molecule is CC[C@H]1CCCN1I. The van der Waals surface area contributed by atoms with E-state index in [1.807, 2.05) is 0 Å². The van der Waals surface area contributed by atoms with Crippen LogP contribution in [0.1, 0.15) is 26.2 Å². The van der Waals surface area contributed by atoms with E-state index in [0.29, 0.717) is 0 Å². The molecule has 48 valence electrons. The molecule has 1 fully saturated rings. The molecule has 1 nitrogen and oxygen atoms in total. The first-order valence-corrected chi connectivity index (χ1v) is 4.23. The molecular weight excluding hydrogens is 213 g/mol. The molecule has 0 aromatic carbocycles. The summed E-state index contributed by atoms with van der Waals surface area (Å²) < 4.78 is 2.43. The van der Waals surface area contributed by atoms with Crippen molar-refractivity contribution in [2.45, 2.75) is 32.2 Å². The van der Waals surface area contributed by atoms with Gasteiger partial charge in [0.2, 0.25) is 0 Å². The van der Waals surface area contributed by atoms with Crippen LogP contribution in [0.25, 0.3) is 0 Å². The Hall–Kier alpha value is 0.690. The molecular formula is C6H12IN. The Balaban J connectivity index is 2.30. The molecule has 0 amide bonds. The summed E-state index contributed by atoms with van der Waals surface area (Å²) in [7, 11) is 0. The first-order chi connectivity index (χ1) is 3.84. The summed E-state index contributed by atoms with van der Waals surface area (Å²) in [6.45, 7) is 3.57. The fourth-order valence-electron chi connectivity index (χ4n) is 1.20. The monoisotopic (exact) mass is 225 g/mol. The number of hydrogen-bond acceptors (Lipinski definition) is 1. The number of hydrogen-bond donors (Lipinski definition) is 0. The second kappa shape index (κ2) is 3.01. The topological polar surface area (TPSA) is 3.24 Å². The fraction of sp³-hybridized carbons (Fsp3) is 1.00. The summed E-state index contributed by atoms with van der Waals surface area (Å²) in [6, 6.07) is 0.885. The maximum Gasteiger partial charge on any atom is 0.0204 e. The highest BCUT2D eigenvalue weighted by molar-refractivity contribution is 14.1. The van der Waals surface area contributed by atoms with Crippen molar-refractivity contribution in [2.75, 3.05) is 6.54 Å². The molecule has 0 unspecified atom stereocenters. The van der Waals surface area contributed by atoms with Crippen molar-refractivity contribution in [1.82, 2.24) is 3.11 Å². The van der Waals surface area contributed by atoms with Crippen LogP contribution in [-0.4, -0.2) is 15.7 Å². The van der Waals surface area contributed by atoms with E-state index < -0.39 is 0 Å². The van der Waals surface area contributed by atoms with Crippen molar-refractivity contribution in [3.8, 4) is 0 Å². The lowest BCUT2D eigenvalue weighted by atomic mass is 10.2. The van der Waals surface area contributed by atoms with Crippen LogP contribution in [0.5, 0.6) is 0 Å². The van der Waals surface area contributed by atoms with Gasteiger partial charge in [-0.2, -0.15) is 0 Å². The molecule has 0 N–H and O–H groups in total. The average Bonchev–Trinajstić information content (AvgIpc) is 2.14. The van der Waals surface area contributed by atoms with Gasteiger partial charge in [-0.3, -0.25) is 0 Å². The lowest BCUT2D eigenvalue weighted by Crippen LogP contribution is -2.16. The Bertz CT molecular complexity index is 74.9. The predicted octanol–water partition coefficient (Wildman–Crippen LogP) is 2.21. The van der Waals surface area contributed by atoms with E-state index in [9.17, 15) is 0 Å². The zero-order valence-electron chi connectivity index (χ0n) is 5.23. The summed E-state index contributed by atoms with van der Waals surface area (Å²) in [5.74, 6) is 0. The van der Waals surface area contributed by atoms with Crippen LogP contribution in [0.3, 0.4) is 0 Å². The van der Waals surface area contributed by atoms with Gasteiger partial charge in [0, 0.05) is 35.5 Å². The molecule has 0 aromatic heterocycles. The van der Waals surface area contributed by atoms with E-state index in [1.54, 1.807) is 0 Å². The van der Waals surface area contributed by atoms with Gasteiger partial charge in [0.05, 0.1) is 0 Å². The molecule has 0 aromatic rings. The van der Waals surface area contributed by atoms with Gasteiger partial charge in [0.1, 0.15) is 0 Å². The van der Waals surface area contributed by atoms with Crippen LogP contribution in [0.15, 0.2) is 0 Å². The minimum Gasteiger partial charge on any atom is -0.244 e. The summed E-state index contributed by atoms with van der Waals surface area (Å²) in [5.41, 5.74) is 0. The number of nitrogens with zero attached hydrogens (tertiary/aromatic N) is 1. The smallest absolute Gasteiger partial charge is 0.0204 e. The molecule has 0 saturated carbocycles. The Kier molecular flexibility index (Phi) is 2.56. The van der Waals surface area contributed by atoms with Gasteiger partial charge in [-0.15, -0.1) is 0 Å². The minimum absolute atomic E-state index is 0.885. The van der Waals surface area contributed by atoms with Gasteiger partial charge in [0.15, 0.2) is 0 Å². The molecule has 8 heavy (non-hydrogen) atoms. The Morgan fingerprint density at radius 3 is 2.75 bits per heavy atom. The van der Waals surface area contributed by atoms with E-state index in [0.717, 1.165) is 6.04 Å². The van der Waals surface area contributed by atoms with E-state index in [1.165, 1.54) is 25.8 Å². The van der Waals surface area contributed by atoms with Crippen LogP contribution in [0.2, 0.25) is 0 Å². The Morgan fingerprint density at radius 2 is 2.50 bits per heavy atom. The maximum absolute atomic E-state index is 2.43. The van der Waals surface area contributed by atoms with Gasteiger partial charge in [-0.25, -0.2) is 3.11 Å². The van der Waals surface area contributed by atoms with Crippen LogP contribution >= 0.6 is 22.9 Å². The highest BCUT2D eigenvalue weighted by atomic mass is 127. The van der Waals surface area contributed by atoms with Crippen molar-refractivity contribution in [1.29, 1.82) is 0 Å². The standard InChI is InChI=1S/C6H12IN/c1-2-6-4-3-5-8(6)7/h6H,2-5H2,1H3/t6-/m0/s1. The molecule has 0 radical (unpaired) electrons. The van der Waals surface area contributed by atoms with Crippen LogP contribution in [-0.2, 0) is 0 Å². The van der Waals surface area contributed by atoms with E-state index in [4.69, 9.17) is 0 Å². The second-order valence-corrected chi connectivity index (χ2v) is 3.57. The van der Waals surface area contributed by atoms with Crippen molar-refractivity contribution in [3.05, 3.63) is 0 Å². The molecule has 1 saturated heterocycles. The molecule has 0 aliphatic carbocycles. The van der Waals surface area contributed by atoms with Crippen LogP contribution in [0, 0.1) is 0 Å². The van der Waals surface area contributed by atoms with E-state index in [2.05, 4.69) is 32.9 Å². The third kappa shape index (κ3) is 1.35. The van der Waals surface area contributed by atoms with Gasteiger partial charge in [-0.1, -0.05) is 6.92 Å². The molecule has 1 aliphatic heterocycles. The molecule has 1 atom stereocenters. The normalized spacial score (nSPS) is 31.5. The molecule has 1 aliphatic rings. The zero-order chi connectivity index (χ0) is 5.98. The lowest BCUT2D eigenvalue weighted by Gasteiger charge is -2.13. The third-order valence-corrected chi connectivity index (χ3v) is 3.05. The van der Waals surface area contributed by atoms with E-state index in [-0.39, 0.29) is 0 Å². The minimum atomic E-state index is 0.885. The van der Waals surface area contributed by atoms with Crippen LogP contribution < -0.4 is 0 Å². The highest BCUT2D eigenvalue weighted by Gasteiger charge is 2.19. The zero-order valence-corrected chi connectivity index (χ0v) is 7.39. The van der Waals surface area contributed by atoms with Gasteiger partial charge < -0.3 is 0 Å². The quantitative estimate of drug-likeness (QED) is 0.488. The van der Waals surface area contributed by atoms with Crippen molar-refractivity contribution < 1.29 is 0 Å². The molecule has 1 heterocycles. The predicted molar refractivity (Wildman–Crippen MR) is 44.0 cm³/mol. The summed E-state index contributed by atoms with van der Waals surface area (Å²) in [5, 5.41) is 0. The Labute approximate surface area is 64.9 Å². The molecule has 0 bridgehead atoms. The van der Waals surface area contributed by atoms with Gasteiger partial charge in [-0.05, 0) is 19.3 Å². The average molecular weight is 225 g/mol. The molecule has 1 rings (SSSR count). The van der Waals surface area contributed by atoms with Gasteiger partial charge >= 0.3 is 0 Å².